The summed E-state index contributed by atoms with van der Waals surface area (Å²) >= 11 is 0. The molecule has 3 nitrogen and oxygen atoms in total. The van der Waals surface area contributed by atoms with Crippen LogP contribution in [0.2, 0.25) is 0 Å². The monoisotopic (exact) mass is 314 g/mol. The van der Waals surface area contributed by atoms with Crippen molar-refractivity contribution in [2.75, 3.05) is 19.6 Å². The van der Waals surface area contributed by atoms with E-state index in [4.69, 9.17) is 0 Å². The molecule has 1 amide bonds. The molecule has 0 aliphatic heterocycles. The number of carbonyl (C=O) groups is 1. The number of nitrogens with one attached hydrogen (secondary N) is 2. The zero-order valence-electron chi connectivity index (χ0n) is 15.8. The largest absolute Gasteiger partial charge is 0.356 e. The summed E-state index contributed by atoms with van der Waals surface area (Å²) in [5, 5.41) is 6.27. The molecule has 134 valence electrons. The van der Waals surface area contributed by atoms with Crippen LogP contribution in [0.4, 0.5) is 0 Å². The molecule has 0 aromatic heterocycles. The van der Waals surface area contributed by atoms with Gasteiger partial charge in [0.15, 0.2) is 0 Å². The molecule has 0 bridgehead atoms. The van der Waals surface area contributed by atoms with E-state index < -0.39 is 0 Å². The van der Waals surface area contributed by atoms with Crippen LogP contribution in [0.15, 0.2) is 0 Å². The number of hydrogen-bond acceptors (Lipinski definition) is 2. The van der Waals surface area contributed by atoms with Crippen molar-refractivity contribution >= 4 is 5.91 Å². The Morgan fingerprint density at radius 1 is 0.636 bits per heavy atom. The van der Waals surface area contributed by atoms with Crippen molar-refractivity contribution in [1.29, 1.82) is 0 Å². The van der Waals surface area contributed by atoms with Crippen molar-refractivity contribution in [2.45, 2.75) is 98.3 Å². The van der Waals surface area contributed by atoms with Crippen LogP contribution in [0.3, 0.4) is 0 Å². The number of unbranched alkanes of at least 4 members (excludes halogenated alkanes) is 6. The molecular formula is C19H42N2O. The first-order valence-corrected chi connectivity index (χ1v) is 9.70. The zero-order valence-corrected chi connectivity index (χ0v) is 15.8. The molecule has 0 atom stereocenters. The van der Waals surface area contributed by atoms with Gasteiger partial charge in [-0.05, 0) is 38.8 Å². The Kier molecular flexibility index (Phi) is 24.5. The molecule has 22 heavy (non-hydrogen) atoms. The molecule has 2 N–H and O–H groups in total. The van der Waals surface area contributed by atoms with Gasteiger partial charge in [-0.3, -0.25) is 4.79 Å². The third kappa shape index (κ3) is 24.4. The molecule has 0 rings (SSSR count). The summed E-state index contributed by atoms with van der Waals surface area (Å²) in [6.07, 6.45) is 13.1. The topological polar surface area (TPSA) is 41.1 Å². The quantitative estimate of drug-likeness (QED) is 0.441. The Morgan fingerprint density at radius 3 is 1.68 bits per heavy atom. The van der Waals surface area contributed by atoms with E-state index in [1.807, 2.05) is 0 Å². The molecule has 0 aliphatic rings. The van der Waals surface area contributed by atoms with Gasteiger partial charge in [0.1, 0.15) is 0 Å². The zero-order chi connectivity index (χ0) is 16.9. The third-order valence-corrected chi connectivity index (χ3v) is 3.49. The lowest BCUT2D eigenvalue weighted by Crippen LogP contribution is -2.23. The summed E-state index contributed by atoms with van der Waals surface area (Å²) in [6, 6.07) is 0. The Balaban J connectivity index is 0. The van der Waals surface area contributed by atoms with Crippen molar-refractivity contribution in [1.82, 2.24) is 10.6 Å². The van der Waals surface area contributed by atoms with Crippen LogP contribution >= 0.6 is 0 Å². The summed E-state index contributed by atoms with van der Waals surface area (Å²) in [5.41, 5.74) is 0. The highest BCUT2D eigenvalue weighted by Gasteiger charge is 1.98. The second-order valence-electron chi connectivity index (χ2n) is 5.97. The molecule has 0 aromatic rings. The van der Waals surface area contributed by atoms with Crippen molar-refractivity contribution in [2.24, 2.45) is 0 Å². The third-order valence-electron chi connectivity index (χ3n) is 3.49. The summed E-state index contributed by atoms with van der Waals surface area (Å²) in [6.45, 7) is 12.0. The Morgan fingerprint density at radius 2 is 1.18 bits per heavy atom. The van der Waals surface area contributed by atoms with E-state index in [2.05, 4.69) is 38.3 Å². The Bertz CT molecular complexity index is 202. The standard InChI is InChI=1S/C11H23NO.C8H19N/c1-3-5-6-7-8-9-11(13)12-10-4-2;1-3-5-7-9-8-6-4-2/h3-10H2,1-2H3,(H,12,13);9H,3-8H2,1-2H3. The molecule has 0 heterocycles. The lowest BCUT2D eigenvalue weighted by atomic mass is 10.1. The maximum Gasteiger partial charge on any atom is 0.219 e. The van der Waals surface area contributed by atoms with E-state index in [1.54, 1.807) is 0 Å². The van der Waals surface area contributed by atoms with Crippen molar-refractivity contribution in [3.05, 3.63) is 0 Å². The minimum absolute atomic E-state index is 0.221. The smallest absolute Gasteiger partial charge is 0.219 e. The highest BCUT2D eigenvalue weighted by atomic mass is 16.1. The maximum absolute atomic E-state index is 11.1. The number of rotatable bonds is 14. The van der Waals surface area contributed by atoms with Crippen LogP contribution in [-0.2, 0) is 4.79 Å². The van der Waals surface area contributed by atoms with Crippen LogP contribution < -0.4 is 10.6 Å². The molecule has 0 aromatic carbocycles. The van der Waals surface area contributed by atoms with Crippen molar-refractivity contribution in [3.8, 4) is 0 Å². The van der Waals surface area contributed by atoms with Crippen LogP contribution in [0.1, 0.15) is 98.3 Å². The highest BCUT2D eigenvalue weighted by molar-refractivity contribution is 5.75. The summed E-state index contributed by atoms with van der Waals surface area (Å²) < 4.78 is 0. The fourth-order valence-corrected chi connectivity index (χ4v) is 1.97. The van der Waals surface area contributed by atoms with Crippen LogP contribution in [0.5, 0.6) is 0 Å². The van der Waals surface area contributed by atoms with Crippen molar-refractivity contribution in [3.63, 3.8) is 0 Å². The molecule has 3 heteroatoms. The normalized spacial score (nSPS) is 10.0. The van der Waals surface area contributed by atoms with E-state index in [1.165, 1.54) is 64.5 Å². The van der Waals surface area contributed by atoms with E-state index in [9.17, 15) is 4.79 Å². The number of carbonyl (C=O) groups excluding carboxylic acids is 1. The number of amides is 1. The first kappa shape index (κ1) is 23.7. The molecule has 0 saturated heterocycles. The lowest BCUT2D eigenvalue weighted by Gasteiger charge is -2.02. The van der Waals surface area contributed by atoms with Gasteiger partial charge in [0.25, 0.3) is 0 Å². The molecule has 0 aliphatic carbocycles. The van der Waals surface area contributed by atoms with Gasteiger partial charge in [-0.25, -0.2) is 0 Å². The van der Waals surface area contributed by atoms with Crippen molar-refractivity contribution < 1.29 is 4.79 Å². The highest BCUT2D eigenvalue weighted by Crippen LogP contribution is 2.04. The van der Waals surface area contributed by atoms with Crippen LogP contribution in [0.25, 0.3) is 0 Å². The van der Waals surface area contributed by atoms with Gasteiger partial charge in [0.2, 0.25) is 5.91 Å². The first-order chi connectivity index (χ1) is 10.7. The Labute approximate surface area is 140 Å². The Hall–Kier alpha value is -0.570. The summed E-state index contributed by atoms with van der Waals surface area (Å²) in [5.74, 6) is 0.221. The van der Waals surface area contributed by atoms with Gasteiger partial charge in [-0.15, -0.1) is 0 Å². The second kappa shape index (κ2) is 22.7. The van der Waals surface area contributed by atoms with Crippen LogP contribution in [-0.4, -0.2) is 25.5 Å². The van der Waals surface area contributed by atoms with Gasteiger partial charge in [0, 0.05) is 13.0 Å². The van der Waals surface area contributed by atoms with Gasteiger partial charge < -0.3 is 10.6 Å². The van der Waals surface area contributed by atoms with E-state index in [-0.39, 0.29) is 5.91 Å². The molecule has 0 radical (unpaired) electrons. The summed E-state index contributed by atoms with van der Waals surface area (Å²) in [7, 11) is 0. The second-order valence-corrected chi connectivity index (χ2v) is 5.97. The van der Waals surface area contributed by atoms with Gasteiger partial charge in [-0.2, -0.15) is 0 Å². The maximum atomic E-state index is 11.1. The first-order valence-electron chi connectivity index (χ1n) is 9.70. The van der Waals surface area contributed by atoms with Gasteiger partial charge >= 0.3 is 0 Å². The molecule has 0 unspecified atom stereocenters. The van der Waals surface area contributed by atoms with E-state index >= 15 is 0 Å². The fourth-order valence-electron chi connectivity index (χ4n) is 1.97. The SMILES string of the molecule is CCCCCCCC(=O)NCCC.CCCCNCCCC. The van der Waals surface area contributed by atoms with Crippen LogP contribution in [0, 0.1) is 0 Å². The predicted molar refractivity (Wildman–Crippen MR) is 99.4 cm³/mol. The summed E-state index contributed by atoms with van der Waals surface area (Å²) in [4.78, 5) is 11.1. The lowest BCUT2D eigenvalue weighted by molar-refractivity contribution is -0.121. The molecule has 0 spiro atoms. The number of hydrogen-bond donors (Lipinski definition) is 2. The average Bonchev–Trinajstić information content (AvgIpc) is 2.53. The predicted octanol–water partition coefficient (Wildman–Crippen LogP) is 5.05. The van der Waals surface area contributed by atoms with Gasteiger partial charge in [-0.1, -0.05) is 66.2 Å². The molecular weight excluding hydrogens is 272 g/mol. The van der Waals surface area contributed by atoms with Gasteiger partial charge in [0.05, 0.1) is 0 Å². The van der Waals surface area contributed by atoms with E-state index in [0.717, 1.165) is 19.4 Å². The molecule has 0 fully saturated rings. The fraction of sp³-hybridized carbons (Fsp3) is 0.947. The molecule has 0 saturated carbocycles. The minimum atomic E-state index is 0.221. The minimum Gasteiger partial charge on any atom is -0.356 e. The van der Waals surface area contributed by atoms with E-state index in [0.29, 0.717) is 6.42 Å². The average molecular weight is 315 g/mol.